The summed E-state index contributed by atoms with van der Waals surface area (Å²) in [6.07, 6.45) is 2.63. The highest BCUT2D eigenvalue weighted by Crippen LogP contribution is 2.46. The van der Waals surface area contributed by atoms with E-state index in [4.69, 9.17) is 32.7 Å². The number of amides is 1. The molecule has 11 nitrogen and oxygen atoms in total. The van der Waals surface area contributed by atoms with Gasteiger partial charge in [-0.1, -0.05) is 29.3 Å². The van der Waals surface area contributed by atoms with Crippen molar-refractivity contribution < 1.29 is 29.3 Å². The molecule has 7 rings (SSSR count). The zero-order chi connectivity index (χ0) is 38.6. The van der Waals surface area contributed by atoms with Crippen LogP contribution in [0, 0.1) is 27.7 Å². The summed E-state index contributed by atoms with van der Waals surface area (Å²) >= 11 is 13.5. The van der Waals surface area contributed by atoms with Gasteiger partial charge in [-0.2, -0.15) is 0 Å². The number of rotatable bonds is 11. The molecular formula is C41H41Cl2N5O6. The zero-order valence-corrected chi connectivity index (χ0v) is 32.5. The van der Waals surface area contributed by atoms with E-state index in [9.17, 15) is 15.0 Å². The zero-order valence-electron chi connectivity index (χ0n) is 31.0. The Labute approximate surface area is 322 Å². The minimum absolute atomic E-state index is 0.0300. The first-order valence-electron chi connectivity index (χ1n) is 17.8. The van der Waals surface area contributed by atoms with Crippen molar-refractivity contribution in [1.29, 1.82) is 0 Å². The predicted octanol–water partition coefficient (Wildman–Crippen LogP) is 8.88. The van der Waals surface area contributed by atoms with Gasteiger partial charge in [-0.25, -0.2) is 14.8 Å². The van der Waals surface area contributed by atoms with Crippen molar-refractivity contribution in [2.45, 2.75) is 60.0 Å². The second-order valence-corrected chi connectivity index (χ2v) is 14.7. The number of carboxylic acids is 1. The first-order chi connectivity index (χ1) is 25.8. The van der Waals surface area contributed by atoms with Crippen molar-refractivity contribution in [2.75, 3.05) is 31.8 Å². The van der Waals surface area contributed by atoms with Crippen molar-refractivity contribution in [2.24, 2.45) is 0 Å². The topological polar surface area (TPSA) is 132 Å². The SMILES string of the molecule is COCCn1c(C(=O)O)cc2cc(O)cc(N3CC(C)n4c(c(CCCOc5cc(C)c(Cl)c(C)c5)c5ccc(Cl)c(-c6c(C)ncnc6C)c54)C3=O)c21. The average Bonchev–Trinajstić information content (AvgIpc) is 3.66. The maximum Gasteiger partial charge on any atom is 0.352 e. The van der Waals surface area contributed by atoms with E-state index in [1.807, 2.05) is 58.9 Å². The number of anilines is 1. The molecule has 1 unspecified atom stereocenters. The fraction of sp³-hybridized carbons (Fsp3) is 0.317. The van der Waals surface area contributed by atoms with Crippen LogP contribution in [0.5, 0.6) is 11.5 Å². The third-order valence-corrected chi connectivity index (χ3v) is 11.2. The molecule has 0 saturated heterocycles. The number of aromatic hydroxyl groups is 1. The Morgan fingerprint density at radius 3 is 2.33 bits per heavy atom. The highest BCUT2D eigenvalue weighted by molar-refractivity contribution is 6.35. The molecule has 1 aliphatic heterocycles. The molecule has 1 aliphatic rings. The van der Waals surface area contributed by atoms with E-state index < -0.39 is 5.97 Å². The molecule has 6 aromatic rings. The van der Waals surface area contributed by atoms with Gasteiger partial charge in [0.15, 0.2) is 0 Å². The third kappa shape index (κ3) is 6.33. The summed E-state index contributed by atoms with van der Waals surface area (Å²) in [6.45, 7) is 10.9. The molecule has 0 fully saturated rings. The quantitative estimate of drug-likeness (QED) is 0.125. The lowest BCUT2D eigenvalue weighted by Crippen LogP contribution is -2.43. The van der Waals surface area contributed by atoms with Gasteiger partial charge in [0.25, 0.3) is 5.91 Å². The fourth-order valence-electron chi connectivity index (χ4n) is 7.93. The van der Waals surface area contributed by atoms with Crippen molar-refractivity contribution >= 4 is 62.6 Å². The van der Waals surface area contributed by atoms with Crippen LogP contribution in [0.25, 0.3) is 32.9 Å². The van der Waals surface area contributed by atoms with Crippen LogP contribution in [-0.2, 0) is 17.7 Å². The van der Waals surface area contributed by atoms with Gasteiger partial charge in [-0.05, 0) is 94.5 Å². The summed E-state index contributed by atoms with van der Waals surface area (Å²) < 4.78 is 15.2. The van der Waals surface area contributed by atoms with E-state index in [0.29, 0.717) is 51.8 Å². The standard InChI is InChI=1S/C41H41Cl2N5O6/c1-21-14-28(15-22(2)36(21)43)54-12-7-8-29-30-9-10-31(42)35(34-24(4)44-20-45-25(34)5)38(30)48-23(3)19-47(40(50)39(29)48)32-18-27(49)16-26-17-33(41(51)52)46(37(26)32)11-13-53-6/h9-10,14-18,20,23,49H,7-8,11-13,19H2,1-6H3,(H,51,52). The van der Waals surface area contributed by atoms with E-state index in [1.54, 1.807) is 16.6 Å². The number of aromatic nitrogens is 4. The summed E-state index contributed by atoms with van der Waals surface area (Å²) in [4.78, 5) is 38.2. The molecular weight excluding hydrogens is 729 g/mol. The summed E-state index contributed by atoms with van der Waals surface area (Å²) in [5.74, 6) is -0.769. The number of ether oxygens (including phenoxy) is 2. The number of hydrogen-bond acceptors (Lipinski definition) is 7. The Balaban J connectivity index is 1.40. The van der Waals surface area contributed by atoms with Gasteiger partial charge in [0, 0.05) is 70.6 Å². The first kappa shape index (κ1) is 37.2. The van der Waals surface area contributed by atoms with Crippen LogP contribution in [-0.4, -0.2) is 68.1 Å². The van der Waals surface area contributed by atoms with Gasteiger partial charge in [0.2, 0.25) is 0 Å². The molecule has 3 aromatic carbocycles. The molecule has 0 saturated carbocycles. The maximum atomic E-state index is 15.2. The molecule has 1 atom stereocenters. The van der Waals surface area contributed by atoms with Gasteiger partial charge in [-0.3, -0.25) is 4.79 Å². The summed E-state index contributed by atoms with van der Waals surface area (Å²) in [5, 5.41) is 23.7. The molecule has 3 aromatic heterocycles. The Kier molecular flexibility index (Phi) is 10.1. The summed E-state index contributed by atoms with van der Waals surface area (Å²) in [6, 6.07) is 12.0. The van der Waals surface area contributed by atoms with E-state index in [2.05, 4.69) is 14.5 Å². The minimum Gasteiger partial charge on any atom is -0.508 e. The average molecular weight is 771 g/mol. The van der Waals surface area contributed by atoms with Crippen LogP contribution < -0.4 is 9.64 Å². The number of carboxylic acid groups (broad SMARTS) is 1. The Hall–Kier alpha value is -5.10. The highest BCUT2D eigenvalue weighted by Gasteiger charge is 2.38. The number of phenolic OH excluding ortho intramolecular Hbond substituents is 1. The van der Waals surface area contributed by atoms with Crippen molar-refractivity contribution in [3.05, 3.63) is 98.3 Å². The van der Waals surface area contributed by atoms with E-state index >= 15 is 4.79 Å². The van der Waals surface area contributed by atoms with Crippen LogP contribution in [0.15, 0.2) is 48.8 Å². The van der Waals surface area contributed by atoms with Crippen LogP contribution in [0.4, 0.5) is 5.69 Å². The van der Waals surface area contributed by atoms with Gasteiger partial charge >= 0.3 is 5.97 Å². The number of benzene rings is 3. The van der Waals surface area contributed by atoms with Crippen molar-refractivity contribution in [3.8, 4) is 22.6 Å². The van der Waals surface area contributed by atoms with Crippen LogP contribution >= 0.6 is 23.2 Å². The largest absolute Gasteiger partial charge is 0.508 e. The molecule has 0 spiro atoms. The molecule has 280 valence electrons. The monoisotopic (exact) mass is 769 g/mol. The normalized spacial score (nSPS) is 14.3. The Bertz CT molecular complexity index is 2450. The third-order valence-electron chi connectivity index (χ3n) is 10.3. The second-order valence-electron chi connectivity index (χ2n) is 13.9. The maximum absolute atomic E-state index is 15.2. The number of hydrogen-bond donors (Lipinski definition) is 2. The predicted molar refractivity (Wildman–Crippen MR) is 211 cm³/mol. The second kappa shape index (κ2) is 14.6. The number of halogens is 2. The van der Waals surface area contributed by atoms with E-state index in [0.717, 1.165) is 55.9 Å². The number of carbonyl (C=O) groups is 2. The van der Waals surface area contributed by atoms with Crippen molar-refractivity contribution in [3.63, 3.8) is 0 Å². The highest BCUT2D eigenvalue weighted by atomic mass is 35.5. The molecule has 4 heterocycles. The lowest BCUT2D eigenvalue weighted by molar-refractivity contribution is 0.0683. The number of phenols is 1. The lowest BCUT2D eigenvalue weighted by Gasteiger charge is -2.35. The van der Waals surface area contributed by atoms with Crippen LogP contribution in [0.1, 0.15) is 68.4 Å². The van der Waals surface area contributed by atoms with Crippen LogP contribution in [0.2, 0.25) is 10.0 Å². The first-order valence-corrected chi connectivity index (χ1v) is 18.5. The molecule has 0 radical (unpaired) electrons. The molecule has 0 bridgehead atoms. The number of methoxy groups -OCH3 is 1. The van der Waals surface area contributed by atoms with Gasteiger partial charge in [0.1, 0.15) is 29.2 Å². The number of aryl methyl sites for hydroxylation is 5. The van der Waals surface area contributed by atoms with Crippen molar-refractivity contribution in [1.82, 2.24) is 19.1 Å². The smallest absolute Gasteiger partial charge is 0.352 e. The summed E-state index contributed by atoms with van der Waals surface area (Å²) in [7, 11) is 1.54. The summed E-state index contributed by atoms with van der Waals surface area (Å²) in [5.41, 5.74) is 8.06. The molecule has 0 aliphatic carbocycles. The van der Waals surface area contributed by atoms with Gasteiger partial charge < -0.3 is 33.7 Å². The molecule has 54 heavy (non-hydrogen) atoms. The number of fused-ring (bicyclic) bond motifs is 4. The molecule has 2 N–H and O–H groups in total. The number of aromatic carboxylic acids is 1. The molecule has 13 heteroatoms. The lowest BCUT2D eigenvalue weighted by atomic mass is 9.97. The minimum atomic E-state index is -1.13. The fourth-order valence-corrected chi connectivity index (χ4v) is 8.29. The Morgan fingerprint density at radius 1 is 0.963 bits per heavy atom. The van der Waals surface area contributed by atoms with Gasteiger partial charge in [-0.15, -0.1) is 0 Å². The van der Waals surface area contributed by atoms with E-state index in [-0.39, 0.29) is 43.1 Å². The molecule has 1 amide bonds. The number of nitrogens with zero attached hydrogens (tertiary/aromatic N) is 5. The number of carbonyl (C=O) groups excluding carboxylic acids is 1. The van der Waals surface area contributed by atoms with Crippen LogP contribution in [0.3, 0.4) is 0 Å². The van der Waals surface area contributed by atoms with E-state index in [1.165, 1.54) is 24.5 Å². The van der Waals surface area contributed by atoms with Gasteiger partial charge in [0.05, 0.1) is 35.0 Å². The Morgan fingerprint density at radius 2 is 1.67 bits per heavy atom.